The Morgan fingerprint density at radius 1 is 1.41 bits per heavy atom. The maximum atomic E-state index is 11.0. The highest BCUT2D eigenvalue weighted by atomic mass is 35.5. The molecule has 1 aromatic carbocycles. The van der Waals surface area contributed by atoms with Crippen LogP contribution in [0.15, 0.2) is 24.3 Å². The summed E-state index contributed by atoms with van der Waals surface area (Å²) in [4.78, 5) is 11.0. The number of carbonyl (C=O) groups excluding carboxylic acids is 1. The van der Waals surface area contributed by atoms with Gasteiger partial charge in [0.15, 0.2) is 0 Å². The molecule has 0 unspecified atom stereocenters. The first-order valence-electron chi connectivity index (χ1n) is 5.25. The smallest absolute Gasteiger partial charge is 0.330 e. The molecule has 0 aliphatic rings. The van der Waals surface area contributed by atoms with Gasteiger partial charge in [0.25, 0.3) is 0 Å². The summed E-state index contributed by atoms with van der Waals surface area (Å²) in [6.45, 7) is 3.85. The molecule has 1 rings (SSSR count). The Balaban J connectivity index is 2.94. The van der Waals surface area contributed by atoms with Crippen LogP contribution in [0.3, 0.4) is 0 Å². The molecule has 0 aliphatic carbocycles. The fourth-order valence-electron chi connectivity index (χ4n) is 1.23. The van der Waals surface area contributed by atoms with Crippen molar-refractivity contribution in [1.82, 2.24) is 0 Å². The Kier molecular flexibility index (Phi) is 5.04. The van der Waals surface area contributed by atoms with Crippen LogP contribution in [-0.4, -0.2) is 19.2 Å². The summed E-state index contributed by atoms with van der Waals surface area (Å²) < 4.78 is 10.0. The largest absolute Gasteiger partial charge is 0.489 e. The summed E-state index contributed by atoms with van der Waals surface area (Å²) in [7, 11) is 1.33. The normalized spacial score (nSPS) is 10.9. The van der Waals surface area contributed by atoms with E-state index >= 15 is 0 Å². The molecule has 17 heavy (non-hydrogen) atoms. The average Bonchev–Trinajstić information content (AvgIpc) is 2.29. The van der Waals surface area contributed by atoms with E-state index in [4.69, 9.17) is 16.3 Å². The van der Waals surface area contributed by atoms with Gasteiger partial charge in [0.2, 0.25) is 0 Å². The Hall–Kier alpha value is -1.48. The second-order valence-electron chi connectivity index (χ2n) is 3.68. The lowest BCUT2D eigenvalue weighted by Crippen LogP contribution is -2.06. The van der Waals surface area contributed by atoms with Gasteiger partial charge in [-0.2, -0.15) is 0 Å². The molecule has 0 atom stereocenters. The fraction of sp³-hybridized carbons (Fsp3) is 0.308. The maximum Gasteiger partial charge on any atom is 0.330 e. The highest BCUT2D eigenvalue weighted by molar-refractivity contribution is 6.33. The highest BCUT2D eigenvalue weighted by Crippen LogP contribution is 2.29. The Morgan fingerprint density at radius 2 is 2.12 bits per heavy atom. The van der Waals surface area contributed by atoms with Crippen LogP contribution in [0.1, 0.15) is 19.4 Å². The van der Waals surface area contributed by atoms with Gasteiger partial charge in [-0.05, 0) is 31.6 Å². The molecule has 0 saturated carbocycles. The van der Waals surface area contributed by atoms with Gasteiger partial charge >= 0.3 is 5.97 Å². The quantitative estimate of drug-likeness (QED) is 0.611. The Labute approximate surface area is 106 Å². The van der Waals surface area contributed by atoms with Gasteiger partial charge in [-0.25, -0.2) is 4.79 Å². The van der Waals surface area contributed by atoms with E-state index < -0.39 is 5.97 Å². The van der Waals surface area contributed by atoms with E-state index in [1.165, 1.54) is 13.2 Å². The van der Waals surface area contributed by atoms with Crippen molar-refractivity contribution in [2.45, 2.75) is 20.0 Å². The summed E-state index contributed by atoms with van der Waals surface area (Å²) in [5, 5.41) is 0.487. The minimum atomic E-state index is -0.420. The second kappa shape index (κ2) is 6.30. The van der Waals surface area contributed by atoms with Crippen LogP contribution < -0.4 is 4.74 Å². The van der Waals surface area contributed by atoms with E-state index in [1.807, 2.05) is 19.9 Å². The van der Waals surface area contributed by atoms with Crippen molar-refractivity contribution in [3.05, 3.63) is 34.9 Å². The molecule has 0 bridgehead atoms. The van der Waals surface area contributed by atoms with Crippen molar-refractivity contribution in [1.29, 1.82) is 0 Å². The molecule has 0 heterocycles. The third-order valence-corrected chi connectivity index (χ3v) is 2.36. The zero-order chi connectivity index (χ0) is 12.8. The summed E-state index contributed by atoms with van der Waals surface area (Å²) in [5.74, 6) is 0.185. The van der Waals surface area contributed by atoms with E-state index in [2.05, 4.69) is 4.74 Å². The van der Waals surface area contributed by atoms with Crippen molar-refractivity contribution in [3.8, 4) is 5.75 Å². The molecule has 0 fully saturated rings. The van der Waals surface area contributed by atoms with Crippen molar-refractivity contribution in [2.75, 3.05) is 7.11 Å². The predicted molar refractivity (Wildman–Crippen MR) is 68.3 cm³/mol. The second-order valence-corrected chi connectivity index (χ2v) is 4.06. The number of rotatable bonds is 4. The van der Waals surface area contributed by atoms with Gasteiger partial charge < -0.3 is 9.47 Å². The molecule has 0 spiro atoms. The number of halogens is 1. The third-order valence-electron chi connectivity index (χ3n) is 1.96. The molecule has 0 aliphatic heterocycles. The number of hydrogen-bond acceptors (Lipinski definition) is 3. The molecule has 3 nitrogen and oxygen atoms in total. The van der Waals surface area contributed by atoms with Crippen molar-refractivity contribution in [2.24, 2.45) is 0 Å². The van der Waals surface area contributed by atoms with E-state index in [1.54, 1.807) is 18.2 Å². The van der Waals surface area contributed by atoms with Gasteiger partial charge in [0.1, 0.15) is 5.75 Å². The van der Waals surface area contributed by atoms with Crippen LogP contribution in [0, 0.1) is 0 Å². The maximum absolute atomic E-state index is 11.0. The average molecular weight is 255 g/mol. The van der Waals surface area contributed by atoms with Crippen LogP contribution in [-0.2, 0) is 9.53 Å². The van der Waals surface area contributed by atoms with Crippen LogP contribution in [0.2, 0.25) is 5.02 Å². The molecular formula is C13H15ClO3. The number of hydrogen-bond donors (Lipinski definition) is 0. The molecular weight excluding hydrogens is 240 g/mol. The lowest BCUT2D eigenvalue weighted by Gasteiger charge is -2.12. The van der Waals surface area contributed by atoms with Crippen molar-refractivity contribution in [3.63, 3.8) is 0 Å². The summed E-state index contributed by atoms with van der Waals surface area (Å²) in [6, 6.07) is 5.41. The number of methoxy groups -OCH3 is 1. The lowest BCUT2D eigenvalue weighted by molar-refractivity contribution is -0.134. The number of benzene rings is 1. The van der Waals surface area contributed by atoms with Gasteiger partial charge in [0, 0.05) is 6.08 Å². The van der Waals surface area contributed by atoms with Crippen LogP contribution in [0.4, 0.5) is 0 Å². The molecule has 0 aromatic heterocycles. The van der Waals surface area contributed by atoms with Gasteiger partial charge in [-0.3, -0.25) is 0 Å². The standard InChI is InChI=1S/C13H15ClO3/c1-9(2)17-11-6-4-5-10(13(11)14)7-8-12(15)16-3/h4-9H,1-3H3/b8-7+. The summed E-state index contributed by atoms with van der Waals surface area (Å²) >= 11 is 6.15. The topological polar surface area (TPSA) is 35.5 Å². The minimum absolute atomic E-state index is 0.0485. The zero-order valence-electron chi connectivity index (χ0n) is 10.1. The third kappa shape index (κ3) is 4.11. The number of esters is 1. The molecule has 0 amide bonds. The first-order valence-corrected chi connectivity index (χ1v) is 5.63. The monoisotopic (exact) mass is 254 g/mol. The summed E-state index contributed by atoms with van der Waals surface area (Å²) in [6.07, 6.45) is 2.97. The Morgan fingerprint density at radius 3 is 2.71 bits per heavy atom. The molecule has 1 aromatic rings. The molecule has 92 valence electrons. The first kappa shape index (κ1) is 13.6. The van der Waals surface area contributed by atoms with Gasteiger partial charge in [-0.15, -0.1) is 0 Å². The highest BCUT2D eigenvalue weighted by Gasteiger charge is 2.06. The van der Waals surface area contributed by atoms with E-state index in [-0.39, 0.29) is 6.10 Å². The lowest BCUT2D eigenvalue weighted by atomic mass is 10.2. The predicted octanol–water partition coefficient (Wildman–Crippen LogP) is 3.31. The molecule has 0 N–H and O–H groups in total. The molecule has 0 radical (unpaired) electrons. The summed E-state index contributed by atoms with van der Waals surface area (Å²) in [5.41, 5.74) is 0.718. The van der Waals surface area contributed by atoms with E-state index in [9.17, 15) is 4.79 Å². The minimum Gasteiger partial charge on any atom is -0.489 e. The fourth-order valence-corrected chi connectivity index (χ4v) is 1.46. The van der Waals surface area contributed by atoms with Crippen LogP contribution in [0.5, 0.6) is 5.75 Å². The zero-order valence-corrected chi connectivity index (χ0v) is 10.8. The van der Waals surface area contributed by atoms with E-state index in [0.29, 0.717) is 10.8 Å². The Bertz CT molecular complexity index is 425. The molecule has 4 heteroatoms. The van der Waals surface area contributed by atoms with Crippen LogP contribution >= 0.6 is 11.6 Å². The van der Waals surface area contributed by atoms with Crippen LogP contribution in [0.25, 0.3) is 6.08 Å². The van der Waals surface area contributed by atoms with Gasteiger partial charge in [-0.1, -0.05) is 23.7 Å². The van der Waals surface area contributed by atoms with E-state index in [0.717, 1.165) is 5.56 Å². The van der Waals surface area contributed by atoms with Crippen molar-refractivity contribution >= 4 is 23.6 Å². The number of carbonyl (C=O) groups is 1. The SMILES string of the molecule is COC(=O)/C=C/c1cccc(OC(C)C)c1Cl. The van der Waals surface area contributed by atoms with Crippen molar-refractivity contribution < 1.29 is 14.3 Å². The van der Waals surface area contributed by atoms with Gasteiger partial charge in [0.05, 0.1) is 18.2 Å². The number of ether oxygens (including phenoxy) is 2. The first-order chi connectivity index (χ1) is 8.04. The molecule has 0 saturated heterocycles.